The van der Waals surface area contributed by atoms with Crippen LogP contribution in [0.1, 0.15) is 36.3 Å². The van der Waals surface area contributed by atoms with E-state index in [1.54, 1.807) is 0 Å². The Morgan fingerprint density at radius 2 is 1.92 bits per heavy atom. The molecule has 3 heterocycles. The van der Waals surface area contributed by atoms with Crippen LogP contribution in [0.2, 0.25) is 0 Å². The molecule has 4 nitrogen and oxygen atoms in total. The summed E-state index contributed by atoms with van der Waals surface area (Å²) in [6.07, 6.45) is 6.39. The number of piperidine rings is 1. The number of rotatable bonds is 3. The number of carbonyl (C=O) groups is 1. The van der Waals surface area contributed by atoms with E-state index in [4.69, 9.17) is 0 Å². The maximum atomic E-state index is 12.1. The van der Waals surface area contributed by atoms with Gasteiger partial charge in [-0.05, 0) is 30.0 Å². The summed E-state index contributed by atoms with van der Waals surface area (Å²) in [6.45, 7) is 2.96. The quantitative estimate of drug-likeness (QED) is 0.945. The van der Waals surface area contributed by atoms with Crippen molar-refractivity contribution in [2.24, 2.45) is 0 Å². The predicted molar refractivity (Wildman–Crippen MR) is 93.4 cm³/mol. The van der Waals surface area contributed by atoms with Gasteiger partial charge in [0.25, 0.3) is 0 Å². The van der Waals surface area contributed by atoms with Crippen molar-refractivity contribution in [1.82, 2.24) is 15.2 Å². The number of nitrogens with one attached hydrogen (secondary N) is 1. The number of pyridine rings is 1. The second kappa shape index (κ2) is 6.36. The van der Waals surface area contributed by atoms with Gasteiger partial charge in [0.2, 0.25) is 5.91 Å². The van der Waals surface area contributed by atoms with Crippen molar-refractivity contribution in [3.05, 3.63) is 66.0 Å². The lowest BCUT2D eigenvalue weighted by Crippen LogP contribution is -2.53. The van der Waals surface area contributed by atoms with E-state index >= 15 is 0 Å². The molecule has 124 valence electrons. The minimum atomic E-state index is -0.0656. The molecule has 0 bridgehead atoms. The fourth-order valence-corrected chi connectivity index (χ4v) is 4.25. The van der Waals surface area contributed by atoms with Crippen LogP contribution in [0.3, 0.4) is 0 Å². The smallest absolute Gasteiger partial charge is 0.221 e. The molecule has 0 aliphatic carbocycles. The zero-order valence-corrected chi connectivity index (χ0v) is 13.8. The van der Waals surface area contributed by atoms with E-state index in [2.05, 4.69) is 45.5 Å². The van der Waals surface area contributed by atoms with Crippen molar-refractivity contribution in [3.8, 4) is 0 Å². The Labute approximate surface area is 142 Å². The number of benzene rings is 1. The summed E-state index contributed by atoms with van der Waals surface area (Å²) in [7, 11) is 0. The van der Waals surface area contributed by atoms with Gasteiger partial charge >= 0.3 is 0 Å². The van der Waals surface area contributed by atoms with Gasteiger partial charge in [0, 0.05) is 49.9 Å². The van der Waals surface area contributed by atoms with Crippen LogP contribution in [-0.2, 0) is 11.3 Å². The molecule has 1 N–H and O–H groups in total. The van der Waals surface area contributed by atoms with E-state index in [0.717, 1.165) is 32.5 Å². The molecule has 2 aliphatic heterocycles. The lowest BCUT2D eigenvalue weighted by Gasteiger charge is -2.43. The average Bonchev–Trinajstić information content (AvgIpc) is 2.95. The van der Waals surface area contributed by atoms with Crippen molar-refractivity contribution < 1.29 is 4.79 Å². The first-order chi connectivity index (χ1) is 11.8. The highest BCUT2D eigenvalue weighted by atomic mass is 16.2. The van der Waals surface area contributed by atoms with Crippen LogP contribution in [0.15, 0.2) is 54.9 Å². The molecule has 2 fully saturated rings. The lowest BCUT2D eigenvalue weighted by molar-refractivity contribution is -0.120. The number of hydrogen-bond acceptors (Lipinski definition) is 3. The molecule has 0 unspecified atom stereocenters. The molecule has 4 rings (SSSR count). The van der Waals surface area contributed by atoms with Gasteiger partial charge in [0.1, 0.15) is 0 Å². The van der Waals surface area contributed by atoms with Crippen molar-refractivity contribution in [3.63, 3.8) is 0 Å². The van der Waals surface area contributed by atoms with Crippen molar-refractivity contribution >= 4 is 5.91 Å². The first-order valence-electron chi connectivity index (χ1n) is 8.72. The van der Waals surface area contributed by atoms with Crippen LogP contribution >= 0.6 is 0 Å². The normalized spacial score (nSPS) is 23.3. The summed E-state index contributed by atoms with van der Waals surface area (Å²) in [4.78, 5) is 18.8. The van der Waals surface area contributed by atoms with Gasteiger partial charge in [-0.25, -0.2) is 0 Å². The second-order valence-corrected chi connectivity index (χ2v) is 7.01. The largest absolute Gasteiger partial charge is 0.350 e. The molecule has 1 amide bonds. The van der Waals surface area contributed by atoms with Crippen LogP contribution in [0.25, 0.3) is 0 Å². The first kappa shape index (κ1) is 15.3. The molecule has 2 aliphatic rings. The third kappa shape index (κ3) is 2.94. The minimum absolute atomic E-state index is 0.0656. The number of hydrogen-bond donors (Lipinski definition) is 1. The summed E-state index contributed by atoms with van der Waals surface area (Å²) in [5, 5.41) is 3.32. The molecule has 0 radical (unpaired) electrons. The Bertz CT molecular complexity index is 693. The minimum Gasteiger partial charge on any atom is -0.350 e. The molecular weight excluding hydrogens is 298 g/mol. The Kier molecular flexibility index (Phi) is 4.07. The SMILES string of the molecule is O=C1C[C@@H](c2ccccc2)C2(CCN(Cc3cccnc3)CC2)N1. The Balaban J connectivity index is 1.47. The summed E-state index contributed by atoms with van der Waals surface area (Å²) >= 11 is 0. The molecule has 4 heteroatoms. The van der Waals surface area contributed by atoms with E-state index in [9.17, 15) is 4.79 Å². The molecular formula is C20H23N3O. The zero-order chi connectivity index (χ0) is 16.4. The van der Waals surface area contributed by atoms with Crippen LogP contribution in [0.4, 0.5) is 0 Å². The standard InChI is InChI=1S/C20H23N3O/c24-19-13-18(17-6-2-1-3-7-17)20(22-19)8-11-23(12-9-20)15-16-5-4-10-21-14-16/h1-7,10,14,18H,8-9,11-13,15H2,(H,22,24)/t18-/m0/s1. The van der Waals surface area contributed by atoms with Gasteiger partial charge < -0.3 is 5.32 Å². The van der Waals surface area contributed by atoms with Gasteiger partial charge in [-0.3, -0.25) is 14.7 Å². The van der Waals surface area contributed by atoms with Crippen molar-refractivity contribution in [2.45, 2.75) is 37.3 Å². The Morgan fingerprint density at radius 1 is 1.12 bits per heavy atom. The van der Waals surface area contributed by atoms with Gasteiger partial charge in [-0.2, -0.15) is 0 Å². The summed E-state index contributed by atoms with van der Waals surface area (Å²) in [6, 6.07) is 14.6. The highest BCUT2D eigenvalue weighted by Crippen LogP contribution is 2.43. The van der Waals surface area contributed by atoms with E-state index in [1.165, 1.54) is 11.1 Å². The number of likely N-dealkylation sites (tertiary alicyclic amines) is 1. The number of nitrogens with zero attached hydrogens (tertiary/aromatic N) is 2. The fourth-order valence-electron chi connectivity index (χ4n) is 4.25. The molecule has 2 aromatic rings. The molecule has 1 spiro atoms. The van der Waals surface area contributed by atoms with Crippen LogP contribution < -0.4 is 5.32 Å². The van der Waals surface area contributed by atoms with Crippen LogP contribution in [-0.4, -0.2) is 34.4 Å². The molecule has 24 heavy (non-hydrogen) atoms. The molecule has 0 saturated carbocycles. The van der Waals surface area contributed by atoms with E-state index in [0.29, 0.717) is 12.3 Å². The second-order valence-electron chi connectivity index (χ2n) is 7.01. The average molecular weight is 321 g/mol. The van der Waals surface area contributed by atoms with Gasteiger partial charge in [-0.1, -0.05) is 36.4 Å². The molecule has 2 saturated heterocycles. The highest BCUT2D eigenvalue weighted by molar-refractivity contribution is 5.81. The number of aromatic nitrogens is 1. The summed E-state index contributed by atoms with van der Waals surface area (Å²) in [5.74, 6) is 0.497. The summed E-state index contributed by atoms with van der Waals surface area (Å²) < 4.78 is 0. The lowest BCUT2D eigenvalue weighted by atomic mass is 9.74. The predicted octanol–water partition coefficient (Wildman–Crippen LogP) is 2.72. The van der Waals surface area contributed by atoms with E-state index in [-0.39, 0.29) is 11.4 Å². The monoisotopic (exact) mass is 321 g/mol. The topological polar surface area (TPSA) is 45.2 Å². The van der Waals surface area contributed by atoms with Gasteiger partial charge in [0.05, 0.1) is 0 Å². The summed E-state index contributed by atoms with van der Waals surface area (Å²) in [5.41, 5.74) is 2.48. The Hall–Kier alpha value is -2.20. The Morgan fingerprint density at radius 3 is 2.62 bits per heavy atom. The van der Waals surface area contributed by atoms with E-state index in [1.807, 2.05) is 24.5 Å². The van der Waals surface area contributed by atoms with Crippen LogP contribution in [0.5, 0.6) is 0 Å². The maximum Gasteiger partial charge on any atom is 0.221 e. The third-order valence-corrected chi connectivity index (χ3v) is 5.52. The van der Waals surface area contributed by atoms with Crippen LogP contribution in [0, 0.1) is 0 Å². The number of carbonyl (C=O) groups excluding carboxylic acids is 1. The fraction of sp³-hybridized carbons (Fsp3) is 0.400. The molecule has 1 aromatic carbocycles. The third-order valence-electron chi connectivity index (χ3n) is 5.52. The molecule has 1 aromatic heterocycles. The first-order valence-corrected chi connectivity index (χ1v) is 8.72. The maximum absolute atomic E-state index is 12.1. The highest BCUT2D eigenvalue weighted by Gasteiger charge is 2.48. The molecule has 1 atom stereocenters. The van der Waals surface area contributed by atoms with E-state index < -0.39 is 0 Å². The van der Waals surface area contributed by atoms with Crippen molar-refractivity contribution in [1.29, 1.82) is 0 Å². The zero-order valence-electron chi connectivity index (χ0n) is 13.8. The number of amides is 1. The van der Waals surface area contributed by atoms with Crippen molar-refractivity contribution in [2.75, 3.05) is 13.1 Å². The van der Waals surface area contributed by atoms with Gasteiger partial charge in [0.15, 0.2) is 0 Å². The van der Waals surface area contributed by atoms with Gasteiger partial charge in [-0.15, -0.1) is 0 Å².